The second-order valence-electron chi connectivity index (χ2n) is 5.59. The first kappa shape index (κ1) is 16.1. The van der Waals surface area contributed by atoms with Crippen molar-refractivity contribution in [3.05, 3.63) is 29.8 Å². The predicted octanol–water partition coefficient (Wildman–Crippen LogP) is 2.58. The molecular weight excluding hydrogens is 288 g/mol. The Hall–Kier alpha value is -1.26. The van der Waals surface area contributed by atoms with Crippen LogP contribution in [0, 0.1) is 0 Å². The highest BCUT2D eigenvalue weighted by Gasteiger charge is 2.26. The molecule has 5 heteroatoms. The quantitative estimate of drug-likeness (QED) is 0.883. The number of carbonyl (C=O) groups excluding carboxylic acids is 1. The van der Waals surface area contributed by atoms with Crippen molar-refractivity contribution >= 4 is 18.3 Å². The molecule has 1 saturated heterocycles. The van der Waals surface area contributed by atoms with Crippen LogP contribution in [0.4, 0.5) is 0 Å². The minimum absolute atomic E-state index is 0. The first-order valence-electron chi connectivity index (χ1n) is 7.60. The fraction of sp³-hybridized carbons (Fsp3) is 0.562. The number of nitrogens with one attached hydrogen (secondary N) is 2. The second-order valence-corrected chi connectivity index (χ2v) is 5.59. The van der Waals surface area contributed by atoms with Gasteiger partial charge in [-0.3, -0.25) is 4.79 Å². The molecular formula is C16H23ClN2O2. The summed E-state index contributed by atoms with van der Waals surface area (Å²) >= 11 is 0. The summed E-state index contributed by atoms with van der Waals surface area (Å²) in [6.07, 6.45) is 5.16. The number of amides is 1. The summed E-state index contributed by atoms with van der Waals surface area (Å²) in [4.78, 5) is 12.4. The number of benzene rings is 1. The van der Waals surface area contributed by atoms with E-state index in [1.54, 1.807) is 0 Å². The topological polar surface area (TPSA) is 50.4 Å². The minimum Gasteiger partial charge on any atom is -0.493 e. The summed E-state index contributed by atoms with van der Waals surface area (Å²) in [6.45, 7) is 1.67. The van der Waals surface area contributed by atoms with Crippen LogP contribution in [0.1, 0.15) is 43.7 Å². The van der Waals surface area contributed by atoms with Crippen LogP contribution < -0.4 is 15.4 Å². The van der Waals surface area contributed by atoms with Gasteiger partial charge in [-0.05, 0) is 38.3 Å². The van der Waals surface area contributed by atoms with Crippen molar-refractivity contribution in [2.75, 3.05) is 13.2 Å². The molecule has 2 aliphatic rings. The van der Waals surface area contributed by atoms with Crippen LogP contribution in [-0.2, 0) is 4.79 Å². The van der Waals surface area contributed by atoms with Crippen LogP contribution in [-0.4, -0.2) is 25.1 Å². The lowest BCUT2D eigenvalue weighted by Gasteiger charge is -2.26. The highest BCUT2D eigenvalue weighted by molar-refractivity contribution is 5.85. The zero-order chi connectivity index (χ0) is 13.8. The standard InChI is InChI=1S/C16H22N2O2.ClH/c19-16(14-7-3-4-10-17-14)18-13-8-5-11-20-15-9-2-1-6-12(13)15;/h1-2,6,9,13-14,17H,3-5,7-8,10-11H2,(H,18,19);1H. The normalized spacial score (nSPS) is 24.8. The van der Waals surface area contributed by atoms with Crippen LogP contribution in [0.3, 0.4) is 0 Å². The van der Waals surface area contributed by atoms with Crippen molar-refractivity contribution in [1.29, 1.82) is 0 Å². The third-order valence-electron chi connectivity index (χ3n) is 4.13. The molecule has 116 valence electrons. The maximum absolute atomic E-state index is 12.4. The molecule has 3 rings (SSSR count). The SMILES string of the molecule is Cl.O=C(NC1CCCOc2ccccc21)C1CCCCN1. The summed E-state index contributed by atoms with van der Waals surface area (Å²) < 4.78 is 5.74. The van der Waals surface area contributed by atoms with Gasteiger partial charge in [-0.25, -0.2) is 0 Å². The van der Waals surface area contributed by atoms with E-state index in [1.165, 1.54) is 6.42 Å². The van der Waals surface area contributed by atoms with E-state index < -0.39 is 0 Å². The molecule has 0 aliphatic carbocycles. The monoisotopic (exact) mass is 310 g/mol. The average molecular weight is 311 g/mol. The number of fused-ring (bicyclic) bond motifs is 1. The number of halogens is 1. The number of hydrogen-bond donors (Lipinski definition) is 2. The number of para-hydroxylation sites is 1. The zero-order valence-corrected chi connectivity index (χ0v) is 13.0. The largest absolute Gasteiger partial charge is 0.493 e. The fourth-order valence-electron chi connectivity index (χ4n) is 3.02. The van der Waals surface area contributed by atoms with E-state index in [0.717, 1.165) is 50.1 Å². The first-order valence-corrected chi connectivity index (χ1v) is 7.60. The summed E-state index contributed by atoms with van der Waals surface area (Å²) in [6, 6.07) is 8.07. The van der Waals surface area contributed by atoms with Crippen LogP contribution in [0.2, 0.25) is 0 Å². The second kappa shape index (κ2) is 7.66. The average Bonchev–Trinajstić information content (AvgIpc) is 2.71. The van der Waals surface area contributed by atoms with Gasteiger partial charge < -0.3 is 15.4 Å². The van der Waals surface area contributed by atoms with Crippen LogP contribution >= 0.6 is 12.4 Å². The van der Waals surface area contributed by atoms with Crippen LogP contribution in [0.5, 0.6) is 5.75 Å². The van der Waals surface area contributed by atoms with Crippen molar-refractivity contribution in [1.82, 2.24) is 10.6 Å². The number of hydrogen-bond acceptors (Lipinski definition) is 3. The van der Waals surface area contributed by atoms with Gasteiger partial charge in [-0.1, -0.05) is 24.6 Å². The van der Waals surface area contributed by atoms with Gasteiger partial charge in [0, 0.05) is 5.56 Å². The summed E-state index contributed by atoms with van der Waals surface area (Å²) in [7, 11) is 0. The Morgan fingerprint density at radius 2 is 2.05 bits per heavy atom. The summed E-state index contributed by atoms with van der Waals surface area (Å²) in [5, 5.41) is 6.51. The van der Waals surface area contributed by atoms with E-state index in [2.05, 4.69) is 16.7 Å². The Balaban J connectivity index is 0.00000161. The molecule has 2 aliphatic heterocycles. The van der Waals surface area contributed by atoms with E-state index in [4.69, 9.17) is 4.74 Å². The predicted molar refractivity (Wildman–Crippen MR) is 84.9 cm³/mol. The molecule has 0 bridgehead atoms. The maximum Gasteiger partial charge on any atom is 0.237 e. The third-order valence-corrected chi connectivity index (χ3v) is 4.13. The Morgan fingerprint density at radius 1 is 1.19 bits per heavy atom. The number of piperidine rings is 1. The molecule has 1 aromatic carbocycles. The molecule has 0 saturated carbocycles. The fourth-order valence-corrected chi connectivity index (χ4v) is 3.02. The Labute approximate surface area is 132 Å². The summed E-state index contributed by atoms with van der Waals surface area (Å²) in [5.74, 6) is 1.04. The Bertz CT molecular complexity index is 475. The molecule has 0 spiro atoms. The van der Waals surface area contributed by atoms with Gasteiger partial charge in [0.05, 0.1) is 18.7 Å². The number of rotatable bonds is 2. The Morgan fingerprint density at radius 3 is 2.86 bits per heavy atom. The van der Waals surface area contributed by atoms with Gasteiger partial charge >= 0.3 is 0 Å². The molecule has 1 amide bonds. The lowest BCUT2D eigenvalue weighted by atomic mass is 10.00. The van der Waals surface area contributed by atoms with E-state index in [9.17, 15) is 4.79 Å². The minimum atomic E-state index is -0.0277. The highest BCUT2D eigenvalue weighted by atomic mass is 35.5. The summed E-state index contributed by atoms with van der Waals surface area (Å²) in [5.41, 5.74) is 1.11. The first-order chi connectivity index (χ1) is 9.84. The van der Waals surface area contributed by atoms with Gasteiger partial charge in [-0.15, -0.1) is 12.4 Å². The van der Waals surface area contributed by atoms with Crippen molar-refractivity contribution in [3.8, 4) is 5.75 Å². The van der Waals surface area contributed by atoms with Crippen molar-refractivity contribution < 1.29 is 9.53 Å². The molecule has 0 aromatic heterocycles. The van der Waals surface area contributed by atoms with Gasteiger partial charge in [0.2, 0.25) is 5.91 Å². The van der Waals surface area contributed by atoms with E-state index in [0.29, 0.717) is 0 Å². The molecule has 4 nitrogen and oxygen atoms in total. The van der Waals surface area contributed by atoms with Crippen molar-refractivity contribution in [3.63, 3.8) is 0 Å². The molecule has 2 N–H and O–H groups in total. The smallest absolute Gasteiger partial charge is 0.237 e. The molecule has 2 unspecified atom stereocenters. The van der Waals surface area contributed by atoms with Gasteiger partial charge in [0.1, 0.15) is 5.75 Å². The van der Waals surface area contributed by atoms with Crippen molar-refractivity contribution in [2.24, 2.45) is 0 Å². The molecule has 1 fully saturated rings. The third kappa shape index (κ3) is 3.89. The Kier molecular flexibility index (Phi) is 5.88. The van der Waals surface area contributed by atoms with Gasteiger partial charge in [0.15, 0.2) is 0 Å². The van der Waals surface area contributed by atoms with E-state index in [1.807, 2.05) is 18.2 Å². The van der Waals surface area contributed by atoms with E-state index in [-0.39, 0.29) is 30.4 Å². The lowest BCUT2D eigenvalue weighted by molar-refractivity contribution is -0.124. The zero-order valence-electron chi connectivity index (χ0n) is 12.1. The number of carbonyl (C=O) groups is 1. The van der Waals surface area contributed by atoms with Crippen molar-refractivity contribution in [2.45, 2.75) is 44.2 Å². The number of ether oxygens (including phenoxy) is 1. The lowest BCUT2D eigenvalue weighted by Crippen LogP contribution is -2.47. The maximum atomic E-state index is 12.4. The van der Waals surface area contributed by atoms with Crippen LogP contribution in [0.15, 0.2) is 24.3 Å². The highest BCUT2D eigenvalue weighted by Crippen LogP contribution is 2.31. The van der Waals surface area contributed by atoms with E-state index >= 15 is 0 Å². The van der Waals surface area contributed by atoms with Gasteiger partial charge in [0.25, 0.3) is 0 Å². The molecule has 1 aromatic rings. The molecule has 2 heterocycles. The van der Waals surface area contributed by atoms with Gasteiger partial charge in [-0.2, -0.15) is 0 Å². The molecule has 0 radical (unpaired) electrons. The van der Waals surface area contributed by atoms with Crippen LogP contribution in [0.25, 0.3) is 0 Å². The molecule has 21 heavy (non-hydrogen) atoms. The molecule has 2 atom stereocenters.